The number of nitrogens with two attached hydrogens (primary N) is 1. The van der Waals surface area contributed by atoms with Gasteiger partial charge in [0, 0.05) is 23.1 Å². The van der Waals surface area contributed by atoms with Crippen LogP contribution in [0.15, 0.2) is 30.7 Å². The molecular formula is C21H21N9. The van der Waals surface area contributed by atoms with Crippen molar-refractivity contribution in [2.24, 2.45) is 0 Å². The molecule has 0 aliphatic carbocycles. The molecule has 4 heterocycles. The van der Waals surface area contributed by atoms with Crippen molar-refractivity contribution in [1.82, 2.24) is 29.5 Å². The Balaban J connectivity index is 1.83. The van der Waals surface area contributed by atoms with E-state index in [1.165, 1.54) is 6.33 Å². The van der Waals surface area contributed by atoms with Crippen molar-refractivity contribution in [2.75, 3.05) is 11.1 Å². The molecule has 0 saturated heterocycles. The Bertz CT molecular complexity index is 1280. The molecule has 0 aliphatic heterocycles. The third-order valence-electron chi connectivity index (χ3n) is 4.81. The molecule has 3 N–H and O–H groups in total. The van der Waals surface area contributed by atoms with Gasteiger partial charge in [-0.3, -0.25) is 4.98 Å². The third-order valence-corrected chi connectivity index (χ3v) is 4.81. The van der Waals surface area contributed by atoms with Crippen LogP contribution >= 0.6 is 0 Å². The normalized spacial score (nSPS) is 12.0. The summed E-state index contributed by atoms with van der Waals surface area (Å²) in [5.74, 6) is 1.03. The van der Waals surface area contributed by atoms with Gasteiger partial charge in [-0.2, -0.15) is 10.4 Å². The number of nitriles is 1. The Morgan fingerprint density at radius 3 is 2.57 bits per heavy atom. The monoisotopic (exact) mass is 399 g/mol. The van der Waals surface area contributed by atoms with Crippen LogP contribution in [0.2, 0.25) is 0 Å². The van der Waals surface area contributed by atoms with Gasteiger partial charge in [0.1, 0.15) is 29.6 Å². The first-order chi connectivity index (χ1) is 14.4. The van der Waals surface area contributed by atoms with Crippen molar-refractivity contribution in [3.05, 3.63) is 59.1 Å². The fraction of sp³-hybridized carbons (Fsp3) is 0.238. The molecule has 150 valence electrons. The smallest absolute Gasteiger partial charge is 0.171 e. The quantitative estimate of drug-likeness (QED) is 0.535. The van der Waals surface area contributed by atoms with Gasteiger partial charge in [0.2, 0.25) is 0 Å². The van der Waals surface area contributed by atoms with Crippen molar-refractivity contribution in [2.45, 2.75) is 33.7 Å². The van der Waals surface area contributed by atoms with Crippen LogP contribution in [-0.4, -0.2) is 29.5 Å². The summed E-state index contributed by atoms with van der Waals surface area (Å²) in [5.41, 5.74) is 11.7. The number of nitrogens with zero attached hydrogens (tertiary/aromatic N) is 7. The second kappa shape index (κ2) is 7.40. The molecule has 0 saturated carbocycles. The van der Waals surface area contributed by atoms with Crippen LogP contribution in [0.5, 0.6) is 0 Å². The van der Waals surface area contributed by atoms with Crippen LogP contribution in [0.3, 0.4) is 0 Å². The highest BCUT2D eigenvalue weighted by Gasteiger charge is 2.19. The van der Waals surface area contributed by atoms with Crippen LogP contribution in [0, 0.1) is 32.1 Å². The molecule has 30 heavy (non-hydrogen) atoms. The maximum absolute atomic E-state index is 9.38. The van der Waals surface area contributed by atoms with E-state index in [2.05, 4.69) is 25.4 Å². The van der Waals surface area contributed by atoms with Crippen LogP contribution in [0.25, 0.3) is 16.8 Å². The lowest BCUT2D eigenvalue weighted by Crippen LogP contribution is -2.16. The average molecular weight is 399 g/mol. The summed E-state index contributed by atoms with van der Waals surface area (Å²) in [7, 11) is 0. The molecular weight excluding hydrogens is 378 g/mol. The zero-order chi connectivity index (χ0) is 21.4. The second-order valence-electron chi connectivity index (χ2n) is 7.21. The number of aromatic nitrogens is 6. The maximum atomic E-state index is 9.38. The lowest BCUT2D eigenvalue weighted by molar-refractivity contribution is 0.728. The molecule has 1 atom stereocenters. The fourth-order valence-electron chi connectivity index (χ4n) is 3.44. The van der Waals surface area contributed by atoms with Crippen molar-refractivity contribution in [1.29, 1.82) is 5.26 Å². The van der Waals surface area contributed by atoms with E-state index in [9.17, 15) is 5.26 Å². The highest BCUT2D eigenvalue weighted by Crippen LogP contribution is 2.28. The molecule has 0 amide bonds. The summed E-state index contributed by atoms with van der Waals surface area (Å²) < 4.78 is 1.83. The molecule has 0 spiro atoms. The first-order valence-corrected chi connectivity index (χ1v) is 9.46. The van der Waals surface area contributed by atoms with Gasteiger partial charge in [0.05, 0.1) is 17.3 Å². The molecule has 9 heteroatoms. The zero-order valence-electron chi connectivity index (χ0n) is 17.2. The number of anilines is 2. The Labute approximate surface area is 173 Å². The lowest BCUT2D eigenvalue weighted by Gasteiger charge is -2.16. The van der Waals surface area contributed by atoms with E-state index in [1.807, 2.05) is 62.7 Å². The molecule has 1 unspecified atom stereocenters. The number of nitrogens with one attached hydrogen (secondary N) is 1. The fourth-order valence-corrected chi connectivity index (χ4v) is 3.44. The summed E-state index contributed by atoms with van der Waals surface area (Å²) in [6, 6.07) is 7.75. The first kappa shape index (κ1) is 19.3. The summed E-state index contributed by atoms with van der Waals surface area (Å²) >= 11 is 0. The number of nitrogen functional groups attached to an aromatic ring is 1. The lowest BCUT2D eigenvalue weighted by atomic mass is 10.1. The van der Waals surface area contributed by atoms with Gasteiger partial charge in [-0.15, -0.1) is 0 Å². The third kappa shape index (κ3) is 3.39. The van der Waals surface area contributed by atoms with E-state index in [4.69, 9.17) is 10.7 Å². The molecule has 0 radical (unpaired) electrons. The van der Waals surface area contributed by atoms with Gasteiger partial charge in [-0.25, -0.2) is 19.5 Å². The molecule has 4 aromatic rings. The number of hydrogen-bond acceptors (Lipinski definition) is 8. The number of pyridine rings is 1. The Morgan fingerprint density at radius 1 is 1.13 bits per heavy atom. The Kier molecular flexibility index (Phi) is 4.75. The molecule has 0 fully saturated rings. The number of rotatable bonds is 4. The predicted molar refractivity (Wildman–Crippen MR) is 114 cm³/mol. The van der Waals surface area contributed by atoms with E-state index in [0.717, 1.165) is 33.7 Å². The van der Waals surface area contributed by atoms with E-state index >= 15 is 0 Å². The van der Waals surface area contributed by atoms with Gasteiger partial charge in [0.25, 0.3) is 0 Å². The summed E-state index contributed by atoms with van der Waals surface area (Å²) in [5, 5.41) is 17.2. The molecule has 4 rings (SSSR count). The summed E-state index contributed by atoms with van der Waals surface area (Å²) in [4.78, 5) is 17.4. The molecule has 0 bridgehead atoms. The average Bonchev–Trinajstić information content (AvgIpc) is 3.07. The van der Waals surface area contributed by atoms with Gasteiger partial charge >= 0.3 is 0 Å². The van der Waals surface area contributed by atoms with Crippen molar-refractivity contribution < 1.29 is 0 Å². The minimum atomic E-state index is -0.332. The first-order valence-electron chi connectivity index (χ1n) is 9.46. The SMILES string of the molecule is Cc1cc(-c2nc(C(C)Nc3ncnc(N)c3C#N)nn3ccc(C)c23)cc(C)n1. The topological polar surface area (TPSA) is 131 Å². The van der Waals surface area contributed by atoms with Crippen molar-refractivity contribution >= 4 is 17.2 Å². The Hall–Kier alpha value is -4.06. The summed E-state index contributed by atoms with van der Waals surface area (Å²) in [6.45, 7) is 7.87. The van der Waals surface area contributed by atoms with Gasteiger partial charge in [-0.1, -0.05) is 0 Å². The highest BCUT2D eigenvalue weighted by molar-refractivity contribution is 5.79. The zero-order valence-corrected chi connectivity index (χ0v) is 17.2. The van der Waals surface area contributed by atoms with Gasteiger partial charge in [0.15, 0.2) is 5.82 Å². The maximum Gasteiger partial charge on any atom is 0.171 e. The summed E-state index contributed by atoms with van der Waals surface area (Å²) in [6.07, 6.45) is 3.23. The van der Waals surface area contributed by atoms with Crippen molar-refractivity contribution in [3.8, 4) is 17.3 Å². The minimum Gasteiger partial charge on any atom is -0.382 e. The van der Waals surface area contributed by atoms with Crippen LogP contribution in [0.1, 0.15) is 41.3 Å². The number of hydrogen-bond donors (Lipinski definition) is 2. The van der Waals surface area contributed by atoms with Crippen LogP contribution in [0.4, 0.5) is 11.6 Å². The Morgan fingerprint density at radius 2 is 1.87 bits per heavy atom. The largest absolute Gasteiger partial charge is 0.382 e. The molecule has 9 nitrogen and oxygen atoms in total. The van der Waals surface area contributed by atoms with Crippen molar-refractivity contribution in [3.63, 3.8) is 0 Å². The predicted octanol–water partition coefficient (Wildman–Crippen LogP) is 3.13. The van der Waals surface area contributed by atoms with Crippen LogP contribution in [-0.2, 0) is 0 Å². The van der Waals surface area contributed by atoms with Gasteiger partial charge < -0.3 is 11.1 Å². The molecule has 0 aromatic carbocycles. The number of fused-ring (bicyclic) bond motifs is 1. The van der Waals surface area contributed by atoms with E-state index in [1.54, 1.807) is 0 Å². The molecule has 0 aliphatic rings. The highest BCUT2D eigenvalue weighted by atomic mass is 15.3. The van der Waals surface area contributed by atoms with E-state index in [-0.39, 0.29) is 17.4 Å². The minimum absolute atomic E-state index is 0.128. The van der Waals surface area contributed by atoms with E-state index in [0.29, 0.717) is 11.6 Å². The molecule has 4 aromatic heterocycles. The van der Waals surface area contributed by atoms with Crippen LogP contribution < -0.4 is 11.1 Å². The second-order valence-corrected chi connectivity index (χ2v) is 7.21. The van der Waals surface area contributed by atoms with Gasteiger partial charge in [-0.05, 0) is 51.5 Å². The standard InChI is InChI=1S/C21H21N9/c1-11-5-6-30-18(11)17(15-7-12(2)26-13(3)8-15)28-20(29-30)14(4)27-21-16(9-22)19(23)24-10-25-21/h5-8,10,14H,1-4H3,(H3,23,24,25,27). The number of aryl methyl sites for hydroxylation is 3. The van der Waals surface area contributed by atoms with E-state index < -0.39 is 0 Å².